The predicted octanol–water partition coefficient (Wildman–Crippen LogP) is 1.32. The Morgan fingerprint density at radius 1 is 1.25 bits per heavy atom. The van der Waals surface area contributed by atoms with Crippen LogP contribution in [-0.4, -0.2) is 26.5 Å². The SMILES string of the molecule is CCCOc1nc(NN)nc(NCc2csc(C)n2)n1. The van der Waals surface area contributed by atoms with E-state index in [2.05, 4.69) is 30.7 Å². The first kappa shape index (κ1) is 14.4. The molecule has 0 bridgehead atoms. The molecule has 0 radical (unpaired) electrons. The third kappa shape index (κ3) is 4.00. The van der Waals surface area contributed by atoms with Crippen LogP contribution in [0.1, 0.15) is 24.0 Å². The number of nitrogens with one attached hydrogen (secondary N) is 2. The Bertz CT molecular complexity index is 559. The molecular formula is C11H17N7OS. The molecule has 20 heavy (non-hydrogen) atoms. The molecule has 9 heteroatoms. The molecular weight excluding hydrogens is 278 g/mol. The van der Waals surface area contributed by atoms with E-state index in [4.69, 9.17) is 10.6 Å². The summed E-state index contributed by atoms with van der Waals surface area (Å²) in [4.78, 5) is 16.6. The largest absolute Gasteiger partial charge is 0.463 e. The molecule has 8 nitrogen and oxygen atoms in total. The number of ether oxygens (including phenoxy) is 1. The first-order chi connectivity index (χ1) is 9.71. The summed E-state index contributed by atoms with van der Waals surface area (Å²) < 4.78 is 5.38. The standard InChI is InChI=1S/C11H17N7OS/c1-3-4-19-11-16-9(15-10(17-11)18-12)13-5-8-6-20-7(2)14-8/h6H,3-5,12H2,1-2H3,(H2,13,15,16,17,18). The summed E-state index contributed by atoms with van der Waals surface area (Å²) in [6.45, 7) is 5.04. The second kappa shape index (κ2) is 6.96. The van der Waals surface area contributed by atoms with E-state index in [9.17, 15) is 0 Å². The third-order valence-electron chi connectivity index (χ3n) is 2.27. The fourth-order valence-corrected chi connectivity index (χ4v) is 2.03. The van der Waals surface area contributed by atoms with Crippen LogP contribution in [0.5, 0.6) is 6.01 Å². The van der Waals surface area contributed by atoms with Crippen molar-refractivity contribution in [3.63, 3.8) is 0 Å². The molecule has 0 spiro atoms. The average molecular weight is 295 g/mol. The highest BCUT2D eigenvalue weighted by Crippen LogP contribution is 2.13. The summed E-state index contributed by atoms with van der Waals surface area (Å²) in [6, 6.07) is 0.242. The van der Waals surface area contributed by atoms with Gasteiger partial charge in [-0.3, -0.25) is 5.43 Å². The lowest BCUT2D eigenvalue weighted by atomic mass is 10.5. The van der Waals surface area contributed by atoms with Crippen molar-refractivity contribution in [1.82, 2.24) is 19.9 Å². The maximum atomic E-state index is 5.38. The van der Waals surface area contributed by atoms with Gasteiger partial charge in [0.15, 0.2) is 0 Å². The van der Waals surface area contributed by atoms with Gasteiger partial charge in [0.1, 0.15) is 0 Å². The number of nitrogen functional groups attached to an aromatic ring is 1. The lowest BCUT2D eigenvalue weighted by Gasteiger charge is -2.08. The Kier molecular flexibility index (Phi) is 5.02. The van der Waals surface area contributed by atoms with Crippen molar-refractivity contribution in [2.24, 2.45) is 5.84 Å². The van der Waals surface area contributed by atoms with Crippen LogP contribution >= 0.6 is 11.3 Å². The molecule has 0 saturated heterocycles. The first-order valence-electron chi connectivity index (χ1n) is 6.21. The third-order valence-corrected chi connectivity index (χ3v) is 3.10. The van der Waals surface area contributed by atoms with Crippen molar-refractivity contribution >= 4 is 23.2 Å². The highest BCUT2D eigenvalue weighted by atomic mass is 32.1. The smallest absolute Gasteiger partial charge is 0.323 e. The van der Waals surface area contributed by atoms with Gasteiger partial charge in [-0.25, -0.2) is 10.8 Å². The molecule has 0 saturated carbocycles. The van der Waals surface area contributed by atoms with Crippen molar-refractivity contribution in [3.8, 4) is 6.01 Å². The summed E-state index contributed by atoms with van der Waals surface area (Å²) >= 11 is 1.60. The minimum absolute atomic E-state index is 0.242. The Balaban J connectivity index is 2.05. The number of anilines is 2. The van der Waals surface area contributed by atoms with E-state index < -0.39 is 0 Å². The molecule has 0 atom stereocenters. The first-order valence-corrected chi connectivity index (χ1v) is 7.09. The van der Waals surface area contributed by atoms with Crippen LogP contribution in [0.4, 0.5) is 11.9 Å². The van der Waals surface area contributed by atoms with Crippen LogP contribution < -0.4 is 21.3 Å². The number of aromatic nitrogens is 4. The lowest BCUT2D eigenvalue weighted by molar-refractivity contribution is 0.292. The van der Waals surface area contributed by atoms with Crippen LogP contribution in [0.15, 0.2) is 5.38 Å². The van der Waals surface area contributed by atoms with Crippen LogP contribution in [0, 0.1) is 6.92 Å². The van der Waals surface area contributed by atoms with Gasteiger partial charge < -0.3 is 10.1 Å². The predicted molar refractivity (Wildman–Crippen MR) is 77.6 cm³/mol. The van der Waals surface area contributed by atoms with E-state index >= 15 is 0 Å². The number of hydrazine groups is 1. The van der Waals surface area contributed by atoms with E-state index in [-0.39, 0.29) is 12.0 Å². The lowest BCUT2D eigenvalue weighted by Crippen LogP contribution is -2.14. The number of nitrogens with two attached hydrogens (primary N) is 1. The molecule has 0 aromatic carbocycles. The molecule has 0 amide bonds. The molecule has 0 unspecified atom stereocenters. The molecule has 0 aliphatic carbocycles. The van der Waals surface area contributed by atoms with Crippen molar-refractivity contribution in [2.75, 3.05) is 17.3 Å². The zero-order chi connectivity index (χ0) is 14.4. The van der Waals surface area contributed by atoms with Gasteiger partial charge in [0.25, 0.3) is 0 Å². The van der Waals surface area contributed by atoms with Gasteiger partial charge in [0, 0.05) is 5.38 Å². The Morgan fingerprint density at radius 2 is 2.05 bits per heavy atom. The molecule has 2 aromatic rings. The van der Waals surface area contributed by atoms with Gasteiger partial charge in [-0.1, -0.05) is 6.92 Å². The van der Waals surface area contributed by atoms with Crippen molar-refractivity contribution in [2.45, 2.75) is 26.8 Å². The second-order valence-corrected chi connectivity index (χ2v) is 5.03. The normalized spacial score (nSPS) is 10.3. The number of hydrogen-bond donors (Lipinski definition) is 3. The van der Waals surface area contributed by atoms with Crippen molar-refractivity contribution in [3.05, 3.63) is 16.1 Å². The molecule has 2 rings (SSSR count). The maximum absolute atomic E-state index is 5.38. The molecule has 0 aliphatic heterocycles. The zero-order valence-electron chi connectivity index (χ0n) is 11.4. The minimum Gasteiger partial charge on any atom is -0.463 e. The topological polar surface area (TPSA) is 111 Å². The van der Waals surface area contributed by atoms with Gasteiger partial charge >= 0.3 is 6.01 Å². The number of aryl methyl sites for hydroxylation is 1. The molecule has 0 aliphatic rings. The molecule has 2 heterocycles. The summed E-state index contributed by atoms with van der Waals surface area (Å²) in [5, 5.41) is 6.08. The molecule has 4 N–H and O–H groups in total. The van der Waals surface area contributed by atoms with Crippen molar-refractivity contribution < 1.29 is 4.74 Å². The van der Waals surface area contributed by atoms with Gasteiger partial charge in [-0.15, -0.1) is 11.3 Å². The van der Waals surface area contributed by atoms with Gasteiger partial charge in [0.2, 0.25) is 11.9 Å². The number of hydrogen-bond acceptors (Lipinski definition) is 9. The van der Waals surface area contributed by atoms with E-state index in [1.807, 2.05) is 19.2 Å². The van der Waals surface area contributed by atoms with Crippen LogP contribution in [0.25, 0.3) is 0 Å². The summed E-state index contributed by atoms with van der Waals surface area (Å²) in [5.41, 5.74) is 3.33. The summed E-state index contributed by atoms with van der Waals surface area (Å²) in [6.07, 6.45) is 0.873. The van der Waals surface area contributed by atoms with Crippen LogP contribution in [-0.2, 0) is 6.54 Å². The average Bonchev–Trinajstić information content (AvgIpc) is 2.88. The zero-order valence-corrected chi connectivity index (χ0v) is 12.2. The number of thiazole rings is 1. The quantitative estimate of drug-likeness (QED) is 0.518. The Labute approximate surface area is 120 Å². The monoisotopic (exact) mass is 295 g/mol. The van der Waals surface area contributed by atoms with Gasteiger partial charge in [0.05, 0.1) is 23.9 Å². The minimum atomic E-state index is 0.242. The summed E-state index contributed by atoms with van der Waals surface area (Å²) in [7, 11) is 0. The van der Waals surface area contributed by atoms with Crippen LogP contribution in [0.3, 0.4) is 0 Å². The van der Waals surface area contributed by atoms with Crippen LogP contribution in [0.2, 0.25) is 0 Å². The van der Waals surface area contributed by atoms with Gasteiger partial charge in [-0.05, 0) is 13.3 Å². The fraction of sp³-hybridized carbons (Fsp3) is 0.455. The highest BCUT2D eigenvalue weighted by Gasteiger charge is 2.07. The maximum Gasteiger partial charge on any atom is 0.323 e. The van der Waals surface area contributed by atoms with E-state index in [0.717, 1.165) is 17.1 Å². The molecule has 0 fully saturated rings. The summed E-state index contributed by atoms with van der Waals surface area (Å²) in [5.74, 6) is 5.98. The number of rotatable bonds is 7. The van der Waals surface area contributed by atoms with Crippen molar-refractivity contribution in [1.29, 1.82) is 0 Å². The molecule has 2 aromatic heterocycles. The highest BCUT2D eigenvalue weighted by molar-refractivity contribution is 7.09. The second-order valence-electron chi connectivity index (χ2n) is 3.97. The number of nitrogens with zero attached hydrogens (tertiary/aromatic N) is 4. The van der Waals surface area contributed by atoms with E-state index in [1.54, 1.807) is 11.3 Å². The van der Waals surface area contributed by atoms with Gasteiger partial charge in [-0.2, -0.15) is 15.0 Å². The fourth-order valence-electron chi connectivity index (χ4n) is 1.42. The van der Waals surface area contributed by atoms with E-state index in [0.29, 0.717) is 19.1 Å². The molecule has 108 valence electrons. The van der Waals surface area contributed by atoms with E-state index in [1.165, 1.54) is 0 Å². The Hall–Kier alpha value is -2.00. The Morgan fingerprint density at radius 3 is 2.70 bits per heavy atom.